The van der Waals surface area contributed by atoms with E-state index in [0.717, 1.165) is 12.0 Å². The van der Waals surface area contributed by atoms with Crippen LogP contribution >= 0.6 is 11.8 Å². The Labute approximate surface area is 105 Å². The molecule has 1 aliphatic heterocycles. The van der Waals surface area contributed by atoms with Gasteiger partial charge < -0.3 is 5.32 Å². The van der Waals surface area contributed by atoms with Gasteiger partial charge in [-0.15, -0.1) is 0 Å². The molecule has 0 aromatic rings. The first kappa shape index (κ1) is 12.7. The number of rotatable bonds is 5. The van der Waals surface area contributed by atoms with Crippen LogP contribution in [0.4, 0.5) is 0 Å². The van der Waals surface area contributed by atoms with Crippen molar-refractivity contribution in [2.24, 2.45) is 5.92 Å². The molecule has 0 amide bonds. The zero-order valence-electron chi connectivity index (χ0n) is 11.0. The van der Waals surface area contributed by atoms with Crippen molar-refractivity contribution in [1.29, 1.82) is 0 Å². The summed E-state index contributed by atoms with van der Waals surface area (Å²) in [4.78, 5) is 2.61. The molecule has 0 bridgehead atoms. The summed E-state index contributed by atoms with van der Waals surface area (Å²) in [6.45, 7) is 12.0. The van der Waals surface area contributed by atoms with Crippen molar-refractivity contribution in [3.63, 3.8) is 0 Å². The van der Waals surface area contributed by atoms with Crippen LogP contribution in [0.3, 0.4) is 0 Å². The van der Waals surface area contributed by atoms with Gasteiger partial charge in [-0.25, -0.2) is 0 Å². The van der Waals surface area contributed by atoms with Gasteiger partial charge in [-0.05, 0) is 39.5 Å². The summed E-state index contributed by atoms with van der Waals surface area (Å²) < 4.78 is 0.459. The SMILES string of the molecule is CC(NCCN1CCSC(C)(C)C1)C1CC1. The summed E-state index contributed by atoms with van der Waals surface area (Å²) in [5.74, 6) is 2.28. The van der Waals surface area contributed by atoms with Crippen LogP contribution < -0.4 is 5.32 Å². The minimum atomic E-state index is 0.459. The maximum atomic E-state index is 3.67. The number of thioether (sulfide) groups is 1. The molecule has 94 valence electrons. The van der Waals surface area contributed by atoms with Crippen LogP contribution in [-0.4, -0.2) is 47.6 Å². The molecule has 2 nitrogen and oxygen atoms in total. The normalized spacial score (nSPS) is 27.9. The van der Waals surface area contributed by atoms with E-state index in [1.54, 1.807) is 0 Å². The quantitative estimate of drug-likeness (QED) is 0.796. The molecule has 1 saturated carbocycles. The maximum Gasteiger partial charge on any atom is 0.0231 e. The Balaban J connectivity index is 1.61. The highest BCUT2D eigenvalue weighted by Gasteiger charge is 2.28. The van der Waals surface area contributed by atoms with Gasteiger partial charge in [-0.2, -0.15) is 11.8 Å². The van der Waals surface area contributed by atoms with E-state index in [1.807, 2.05) is 0 Å². The fourth-order valence-electron chi connectivity index (χ4n) is 2.52. The first-order valence-electron chi connectivity index (χ1n) is 6.66. The number of hydrogen-bond acceptors (Lipinski definition) is 3. The van der Waals surface area contributed by atoms with Crippen molar-refractivity contribution in [2.75, 3.05) is 31.9 Å². The molecule has 2 fully saturated rings. The summed E-state index contributed by atoms with van der Waals surface area (Å²) in [6, 6.07) is 0.743. The molecule has 16 heavy (non-hydrogen) atoms. The third kappa shape index (κ3) is 3.94. The molecule has 0 spiro atoms. The van der Waals surface area contributed by atoms with Crippen LogP contribution in [0.2, 0.25) is 0 Å². The Morgan fingerprint density at radius 3 is 2.81 bits per heavy atom. The molecule has 1 atom stereocenters. The predicted octanol–water partition coefficient (Wildman–Crippen LogP) is 2.20. The minimum Gasteiger partial charge on any atom is -0.313 e. The summed E-state index contributed by atoms with van der Waals surface area (Å²) >= 11 is 2.12. The molecular formula is C13H26N2S. The lowest BCUT2D eigenvalue weighted by Crippen LogP contribution is -2.46. The number of nitrogens with one attached hydrogen (secondary N) is 1. The van der Waals surface area contributed by atoms with Crippen molar-refractivity contribution in [3.8, 4) is 0 Å². The molecule has 3 heteroatoms. The van der Waals surface area contributed by atoms with E-state index in [9.17, 15) is 0 Å². The lowest BCUT2D eigenvalue weighted by atomic mass is 10.2. The Morgan fingerprint density at radius 2 is 2.19 bits per heavy atom. The van der Waals surface area contributed by atoms with Gasteiger partial charge in [-0.3, -0.25) is 4.90 Å². The first-order chi connectivity index (χ1) is 7.57. The maximum absolute atomic E-state index is 3.67. The van der Waals surface area contributed by atoms with Gasteiger partial charge >= 0.3 is 0 Å². The highest BCUT2D eigenvalue weighted by atomic mass is 32.2. The zero-order chi connectivity index (χ0) is 11.6. The summed E-state index contributed by atoms with van der Waals surface area (Å²) in [7, 11) is 0. The highest BCUT2D eigenvalue weighted by Crippen LogP contribution is 2.32. The van der Waals surface area contributed by atoms with E-state index in [2.05, 4.69) is 42.7 Å². The molecule has 0 radical (unpaired) electrons. The minimum absolute atomic E-state index is 0.459. The molecule has 2 rings (SSSR count). The van der Waals surface area contributed by atoms with Gasteiger partial charge in [0.05, 0.1) is 0 Å². The van der Waals surface area contributed by atoms with Gasteiger partial charge in [0, 0.05) is 42.7 Å². The standard InChI is InChI=1S/C13H26N2S/c1-11(12-4-5-12)14-6-7-15-8-9-16-13(2,3)10-15/h11-12,14H,4-10H2,1-3H3. The van der Waals surface area contributed by atoms with E-state index < -0.39 is 0 Å². The molecule has 0 aromatic carbocycles. The van der Waals surface area contributed by atoms with Crippen molar-refractivity contribution in [1.82, 2.24) is 10.2 Å². The van der Waals surface area contributed by atoms with Crippen molar-refractivity contribution in [3.05, 3.63) is 0 Å². The molecule has 1 unspecified atom stereocenters. The van der Waals surface area contributed by atoms with Crippen LogP contribution in [0.1, 0.15) is 33.6 Å². The van der Waals surface area contributed by atoms with Gasteiger partial charge in [0.25, 0.3) is 0 Å². The Morgan fingerprint density at radius 1 is 1.44 bits per heavy atom. The van der Waals surface area contributed by atoms with E-state index in [-0.39, 0.29) is 0 Å². The van der Waals surface area contributed by atoms with Gasteiger partial charge in [0.2, 0.25) is 0 Å². The second-order valence-electron chi connectivity index (χ2n) is 5.96. The monoisotopic (exact) mass is 242 g/mol. The Bertz CT molecular complexity index is 226. The van der Waals surface area contributed by atoms with Crippen molar-refractivity contribution >= 4 is 11.8 Å². The van der Waals surface area contributed by atoms with Gasteiger partial charge in [-0.1, -0.05) is 0 Å². The first-order valence-corrected chi connectivity index (χ1v) is 7.65. The largest absolute Gasteiger partial charge is 0.313 e. The average Bonchev–Trinajstić information content (AvgIpc) is 2.99. The average molecular weight is 242 g/mol. The third-order valence-electron chi connectivity index (χ3n) is 3.73. The van der Waals surface area contributed by atoms with Crippen LogP contribution in [0.5, 0.6) is 0 Å². The number of nitrogens with zero attached hydrogens (tertiary/aromatic N) is 1. The Kier molecular flexibility index (Phi) is 4.20. The van der Waals surface area contributed by atoms with Crippen molar-refractivity contribution < 1.29 is 0 Å². The smallest absolute Gasteiger partial charge is 0.0231 e. The van der Waals surface area contributed by atoms with Gasteiger partial charge in [0.1, 0.15) is 0 Å². The van der Waals surface area contributed by atoms with E-state index in [4.69, 9.17) is 0 Å². The molecule has 1 N–H and O–H groups in total. The predicted molar refractivity (Wildman–Crippen MR) is 73.2 cm³/mol. The highest BCUT2D eigenvalue weighted by molar-refractivity contribution is 8.00. The van der Waals surface area contributed by atoms with E-state index in [0.29, 0.717) is 4.75 Å². The molecule has 2 aliphatic rings. The topological polar surface area (TPSA) is 15.3 Å². The van der Waals surface area contributed by atoms with Crippen LogP contribution in [-0.2, 0) is 0 Å². The van der Waals surface area contributed by atoms with Crippen LogP contribution in [0.15, 0.2) is 0 Å². The van der Waals surface area contributed by atoms with Gasteiger partial charge in [0.15, 0.2) is 0 Å². The fourth-order valence-corrected chi connectivity index (χ4v) is 3.69. The molecule has 1 aliphatic carbocycles. The summed E-state index contributed by atoms with van der Waals surface area (Å²) in [5.41, 5.74) is 0. The molecule has 1 saturated heterocycles. The lowest BCUT2D eigenvalue weighted by Gasteiger charge is -2.37. The molecular weight excluding hydrogens is 216 g/mol. The second-order valence-corrected chi connectivity index (χ2v) is 7.77. The fraction of sp³-hybridized carbons (Fsp3) is 1.00. The number of hydrogen-bond donors (Lipinski definition) is 1. The summed E-state index contributed by atoms with van der Waals surface area (Å²) in [6.07, 6.45) is 2.89. The Hall–Kier alpha value is 0.270. The lowest BCUT2D eigenvalue weighted by molar-refractivity contribution is 0.255. The van der Waals surface area contributed by atoms with Crippen LogP contribution in [0.25, 0.3) is 0 Å². The summed E-state index contributed by atoms with van der Waals surface area (Å²) in [5, 5.41) is 3.67. The molecule has 0 aromatic heterocycles. The third-order valence-corrected chi connectivity index (χ3v) is 5.03. The molecule has 1 heterocycles. The van der Waals surface area contributed by atoms with E-state index in [1.165, 1.54) is 44.8 Å². The zero-order valence-corrected chi connectivity index (χ0v) is 11.8. The van der Waals surface area contributed by atoms with Crippen molar-refractivity contribution in [2.45, 2.75) is 44.4 Å². The van der Waals surface area contributed by atoms with E-state index >= 15 is 0 Å². The second kappa shape index (κ2) is 5.28. The van der Waals surface area contributed by atoms with Crippen LogP contribution in [0, 0.1) is 5.92 Å².